The smallest absolute Gasteiger partial charge is 0.414 e. The Labute approximate surface area is 188 Å². The molecule has 0 radical (unpaired) electrons. The maximum absolute atomic E-state index is 12.4. The minimum absolute atomic E-state index is 0.159. The minimum Gasteiger partial charge on any atom is -0.497 e. The van der Waals surface area contributed by atoms with Crippen LogP contribution in [0.2, 0.25) is 0 Å². The zero-order valence-electron chi connectivity index (χ0n) is 18.5. The van der Waals surface area contributed by atoms with E-state index in [0.29, 0.717) is 0 Å². The van der Waals surface area contributed by atoms with Gasteiger partial charge < -0.3 is 25.0 Å². The summed E-state index contributed by atoms with van der Waals surface area (Å²) < 4.78 is 10.5. The van der Waals surface area contributed by atoms with Crippen LogP contribution in [-0.2, 0) is 25.7 Å². The van der Waals surface area contributed by atoms with Gasteiger partial charge in [0.2, 0.25) is 5.91 Å². The molecule has 2 saturated heterocycles. The fourth-order valence-electron chi connectivity index (χ4n) is 3.65. The van der Waals surface area contributed by atoms with Crippen LogP contribution in [0.15, 0.2) is 24.3 Å². The molecule has 0 aliphatic carbocycles. The molecule has 2 heterocycles. The van der Waals surface area contributed by atoms with Crippen molar-refractivity contribution in [1.29, 1.82) is 0 Å². The molecule has 0 aromatic heterocycles. The fraction of sp³-hybridized carbons (Fsp3) is 0.591. The lowest BCUT2D eigenvalue weighted by Crippen LogP contribution is -2.44. The Morgan fingerprint density at radius 1 is 1.00 bits per heavy atom. The summed E-state index contributed by atoms with van der Waals surface area (Å²) in [5, 5.41) is 17.9. The van der Waals surface area contributed by atoms with Crippen molar-refractivity contribution in [3.63, 3.8) is 0 Å². The summed E-state index contributed by atoms with van der Waals surface area (Å²) in [6.07, 6.45) is 1.89. The molecule has 3 N–H and O–H groups in total. The van der Waals surface area contributed by atoms with Crippen LogP contribution in [0, 0.1) is 5.92 Å². The summed E-state index contributed by atoms with van der Waals surface area (Å²) in [6, 6.07) is 8.24. The van der Waals surface area contributed by atoms with E-state index < -0.39 is 11.9 Å². The third-order valence-electron chi connectivity index (χ3n) is 5.54. The highest BCUT2D eigenvalue weighted by molar-refractivity contribution is 6.27. The first-order chi connectivity index (χ1) is 15.4. The molecule has 3 rings (SSSR count). The number of hydrogen-bond acceptors (Lipinski definition) is 7. The molecule has 10 heteroatoms. The largest absolute Gasteiger partial charge is 0.497 e. The second-order valence-corrected chi connectivity index (χ2v) is 7.75. The van der Waals surface area contributed by atoms with Crippen LogP contribution in [0.4, 0.5) is 0 Å². The number of carbonyl (C=O) groups is 3. The summed E-state index contributed by atoms with van der Waals surface area (Å²) in [5.41, 5.74) is 1.29. The van der Waals surface area contributed by atoms with E-state index in [9.17, 15) is 4.79 Å². The van der Waals surface area contributed by atoms with Gasteiger partial charge in [-0.2, -0.15) is 0 Å². The van der Waals surface area contributed by atoms with Crippen molar-refractivity contribution in [2.75, 3.05) is 59.6 Å². The number of hydrogen-bond donors (Lipinski definition) is 3. The maximum atomic E-state index is 12.4. The number of nitrogens with one attached hydrogen (secondary N) is 1. The first-order valence-corrected chi connectivity index (χ1v) is 10.8. The van der Waals surface area contributed by atoms with Crippen LogP contribution in [0.3, 0.4) is 0 Å². The van der Waals surface area contributed by atoms with Crippen LogP contribution in [0.1, 0.15) is 18.4 Å². The molecule has 1 aromatic rings. The van der Waals surface area contributed by atoms with Gasteiger partial charge in [-0.1, -0.05) is 12.1 Å². The number of ether oxygens (including phenoxy) is 2. The monoisotopic (exact) mass is 451 g/mol. The molecule has 2 aliphatic rings. The number of methoxy groups -OCH3 is 1. The Morgan fingerprint density at radius 2 is 1.59 bits per heavy atom. The number of carbonyl (C=O) groups excluding carboxylic acids is 1. The molecule has 2 fully saturated rings. The van der Waals surface area contributed by atoms with Crippen molar-refractivity contribution >= 4 is 17.8 Å². The number of nitrogens with zero attached hydrogens (tertiary/aromatic N) is 2. The second-order valence-electron chi connectivity index (χ2n) is 7.75. The first-order valence-electron chi connectivity index (χ1n) is 10.8. The topological polar surface area (TPSA) is 129 Å². The van der Waals surface area contributed by atoms with Crippen LogP contribution >= 0.6 is 0 Å². The molecular formula is C22H33N3O7. The predicted molar refractivity (Wildman–Crippen MR) is 117 cm³/mol. The van der Waals surface area contributed by atoms with Gasteiger partial charge in [0.15, 0.2) is 0 Å². The number of morpholine rings is 1. The molecule has 10 nitrogen and oxygen atoms in total. The average Bonchev–Trinajstić information content (AvgIpc) is 2.81. The lowest BCUT2D eigenvalue weighted by molar-refractivity contribution is -0.159. The molecule has 1 aromatic carbocycles. The normalized spacial score (nSPS) is 17.7. The molecule has 0 bridgehead atoms. The molecule has 1 amide bonds. The van der Waals surface area contributed by atoms with E-state index in [1.807, 2.05) is 12.1 Å². The summed E-state index contributed by atoms with van der Waals surface area (Å²) >= 11 is 0. The van der Waals surface area contributed by atoms with Crippen LogP contribution in [-0.4, -0.2) is 97.5 Å². The maximum Gasteiger partial charge on any atom is 0.414 e. The summed E-state index contributed by atoms with van der Waals surface area (Å²) in [6.45, 7) is 8.12. The molecule has 0 atom stereocenters. The molecule has 2 aliphatic heterocycles. The third-order valence-corrected chi connectivity index (χ3v) is 5.54. The van der Waals surface area contributed by atoms with Gasteiger partial charge in [-0.15, -0.1) is 0 Å². The van der Waals surface area contributed by atoms with Crippen LogP contribution < -0.4 is 10.1 Å². The minimum atomic E-state index is -1.82. The van der Waals surface area contributed by atoms with E-state index in [1.54, 1.807) is 7.11 Å². The summed E-state index contributed by atoms with van der Waals surface area (Å²) in [7, 11) is 1.69. The van der Waals surface area contributed by atoms with Gasteiger partial charge in [0.25, 0.3) is 0 Å². The molecule has 0 unspecified atom stereocenters. The van der Waals surface area contributed by atoms with E-state index in [-0.39, 0.29) is 11.8 Å². The van der Waals surface area contributed by atoms with Gasteiger partial charge in [-0.25, -0.2) is 9.59 Å². The van der Waals surface area contributed by atoms with Crippen LogP contribution in [0.25, 0.3) is 0 Å². The zero-order chi connectivity index (χ0) is 23.3. The lowest BCUT2D eigenvalue weighted by Gasteiger charge is -2.31. The third kappa shape index (κ3) is 9.21. The Morgan fingerprint density at radius 3 is 2.12 bits per heavy atom. The van der Waals surface area contributed by atoms with Gasteiger partial charge in [0.05, 0.1) is 20.3 Å². The number of carboxylic acid groups (broad SMARTS) is 2. The standard InChI is InChI=1S/C20H31N3O3.C2H2O4/c1-25-19-4-2-17(3-5-19)16-23-9-6-18(7-10-23)20(24)21-8-11-22-12-14-26-15-13-22;3-1(4)2(5)6/h2-5,18H,6-16H2,1H3,(H,21,24);(H,3,4)(H,5,6). The van der Waals surface area contributed by atoms with Crippen molar-refractivity contribution < 1.29 is 34.1 Å². The number of carboxylic acids is 2. The SMILES string of the molecule is COc1ccc(CN2CCC(C(=O)NCCN3CCOCC3)CC2)cc1.O=C(O)C(=O)O. The number of rotatable bonds is 7. The highest BCUT2D eigenvalue weighted by Crippen LogP contribution is 2.20. The molecule has 0 saturated carbocycles. The van der Waals surface area contributed by atoms with E-state index in [0.717, 1.165) is 77.6 Å². The van der Waals surface area contributed by atoms with Gasteiger partial charge >= 0.3 is 11.9 Å². The number of benzene rings is 1. The Kier molecular flexibility index (Phi) is 10.9. The number of aliphatic carboxylic acids is 2. The van der Waals surface area contributed by atoms with Crippen molar-refractivity contribution in [1.82, 2.24) is 15.1 Å². The number of likely N-dealkylation sites (tertiary alicyclic amines) is 1. The Balaban J connectivity index is 0.000000534. The van der Waals surface area contributed by atoms with Gasteiger partial charge in [0, 0.05) is 38.6 Å². The van der Waals surface area contributed by atoms with Gasteiger partial charge in [-0.3, -0.25) is 14.6 Å². The first kappa shape index (κ1) is 25.6. The fourth-order valence-corrected chi connectivity index (χ4v) is 3.65. The van der Waals surface area contributed by atoms with E-state index >= 15 is 0 Å². The van der Waals surface area contributed by atoms with E-state index in [2.05, 4.69) is 27.2 Å². The average molecular weight is 452 g/mol. The van der Waals surface area contributed by atoms with Crippen molar-refractivity contribution in [3.05, 3.63) is 29.8 Å². The quantitative estimate of drug-likeness (QED) is 0.508. The number of piperidine rings is 1. The Hall–Kier alpha value is -2.69. The summed E-state index contributed by atoms with van der Waals surface area (Å²) in [5.74, 6) is -2.37. The van der Waals surface area contributed by atoms with E-state index in [4.69, 9.17) is 29.3 Å². The lowest BCUT2D eigenvalue weighted by atomic mass is 9.95. The molecule has 0 spiro atoms. The van der Waals surface area contributed by atoms with Crippen LogP contribution in [0.5, 0.6) is 5.75 Å². The number of amides is 1. The predicted octanol–water partition coefficient (Wildman–Crippen LogP) is 0.511. The Bertz CT molecular complexity index is 716. The second kappa shape index (κ2) is 13.7. The zero-order valence-corrected chi connectivity index (χ0v) is 18.5. The van der Waals surface area contributed by atoms with Gasteiger partial charge in [-0.05, 0) is 43.6 Å². The van der Waals surface area contributed by atoms with Crippen molar-refractivity contribution in [2.24, 2.45) is 5.92 Å². The highest BCUT2D eigenvalue weighted by atomic mass is 16.5. The summed E-state index contributed by atoms with van der Waals surface area (Å²) in [4.78, 5) is 35.4. The molecular weight excluding hydrogens is 418 g/mol. The molecule has 178 valence electrons. The van der Waals surface area contributed by atoms with Crippen molar-refractivity contribution in [2.45, 2.75) is 19.4 Å². The van der Waals surface area contributed by atoms with Crippen molar-refractivity contribution in [3.8, 4) is 5.75 Å². The van der Waals surface area contributed by atoms with E-state index in [1.165, 1.54) is 5.56 Å². The highest BCUT2D eigenvalue weighted by Gasteiger charge is 2.24. The molecule has 32 heavy (non-hydrogen) atoms. The van der Waals surface area contributed by atoms with Gasteiger partial charge in [0.1, 0.15) is 5.75 Å².